The Hall–Kier alpha value is -1.05. The predicted molar refractivity (Wildman–Crippen MR) is 47.1 cm³/mol. The molecule has 1 aromatic rings. The van der Waals surface area contributed by atoms with Crippen LogP contribution in [0.15, 0.2) is 17.0 Å². The average molecular weight is 240 g/mol. The first-order valence-electron chi connectivity index (χ1n) is 3.17. The molecule has 0 aromatic heterocycles. The molecule has 76 valence electrons. The van der Waals surface area contributed by atoms with Crippen LogP contribution in [0.25, 0.3) is 0 Å². The molecule has 0 bridgehead atoms. The third kappa shape index (κ3) is 2.06. The van der Waals surface area contributed by atoms with E-state index in [2.05, 4.69) is 0 Å². The van der Waals surface area contributed by atoms with Gasteiger partial charge < -0.3 is 4.55 Å². The van der Waals surface area contributed by atoms with Crippen LogP contribution < -0.4 is 0 Å². The second-order valence-electron chi connectivity index (χ2n) is 2.24. The highest BCUT2D eigenvalue weighted by atomic mass is 35.5. The number of nitro groups is 1. The summed E-state index contributed by atoms with van der Waals surface area (Å²) in [5.41, 5.74) is -0.640. The molecule has 0 aliphatic carbocycles. The highest BCUT2D eigenvalue weighted by Gasteiger charge is 2.19. The van der Waals surface area contributed by atoms with Gasteiger partial charge in [0.05, 0.1) is 11.0 Å². The van der Waals surface area contributed by atoms with Crippen LogP contribution in [0, 0.1) is 15.9 Å². The van der Waals surface area contributed by atoms with Crippen molar-refractivity contribution in [1.29, 1.82) is 0 Å². The fourth-order valence-corrected chi connectivity index (χ4v) is 1.53. The Kier molecular flexibility index (Phi) is 3.14. The first-order chi connectivity index (χ1) is 6.43. The average Bonchev–Trinajstić information content (AvgIpc) is 2.07. The SMILES string of the molecule is O=[N+]([O-])c1cc(F)c(S(=O)O)cc1Cl. The van der Waals surface area contributed by atoms with Crippen molar-refractivity contribution in [2.45, 2.75) is 4.90 Å². The number of nitro benzene ring substituents is 1. The zero-order valence-electron chi connectivity index (χ0n) is 6.44. The number of hydrogen-bond acceptors (Lipinski definition) is 3. The van der Waals surface area contributed by atoms with E-state index < -0.39 is 32.4 Å². The Morgan fingerprint density at radius 1 is 1.57 bits per heavy atom. The van der Waals surface area contributed by atoms with Gasteiger partial charge in [0.2, 0.25) is 0 Å². The van der Waals surface area contributed by atoms with Gasteiger partial charge in [-0.15, -0.1) is 0 Å². The van der Waals surface area contributed by atoms with Gasteiger partial charge in [-0.05, 0) is 6.07 Å². The molecule has 0 radical (unpaired) electrons. The molecule has 0 fully saturated rings. The smallest absolute Gasteiger partial charge is 0.290 e. The predicted octanol–water partition coefficient (Wildman–Crippen LogP) is 1.97. The normalized spacial score (nSPS) is 12.5. The summed E-state index contributed by atoms with van der Waals surface area (Å²) in [7, 11) is 0. The lowest BCUT2D eigenvalue weighted by molar-refractivity contribution is -0.384. The van der Waals surface area contributed by atoms with E-state index >= 15 is 0 Å². The molecule has 0 aliphatic heterocycles. The number of nitrogens with zero attached hydrogens (tertiary/aromatic N) is 1. The maximum absolute atomic E-state index is 12.9. The lowest BCUT2D eigenvalue weighted by atomic mass is 10.3. The summed E-state index contributed by atoms with van der Waals surface area (Å²) in [5.74, 6) is -1.14. The summed E-state index contributed by atoms with van der Waals surface area (Å²) in [6.45, 7) is 0. The topological polar surface area (TPSA) is 80.4 Å². The van der Waals surface area contributed by atoms with Gasteiger partial charge in [-0.25, -0.2) is 8.60 Å². The number of rotatable bonds is 2. The van der Waals surface area contributed by atoms with Gasteiger partial charge in [-0.1, -0.05) is 11.6 Å². The third-order valence-corrected chi connectivity index (χ3v) is 2.38. The first-order valence-corrected chi connectivity index (χ1v) is 4.66. The van der Waals surface area contributed by atoms with Gasteiger partial charge in [-0.3, -0.25) is 10.1 Å². The Morgan fingerprint density at radius 2 is 2.14 bits per heavy atom. The molecule has 0 spiro atoms. The molecule has 0 aliphatic rings. The summed E-state index contributed by atoms with van der Waals surface area (Å²) >= 11 is 2.83. The molecule has 1 aromatic carbocycles. The minimum Gasteiger partial charge on any atom is -0.302 e. The van der Waals surface area contributed by atoms with Crippen LogP contribution in [0.1, 0.15) is 0 Å². The van der Waals surface area contributed by atoms with E-state index in [1.165, 1.54) is 0 Å². The Balaban J connectivity index is 3.38. The van der Waals surface area contributed by atoms with E-state index in [1.54, 1.807) is 0 Å². The molecule has 14 heavy (non-hydrogen) atoms. The van der Waals surface area contributed by atoms with Crippen molar-refractivity contribution in [3.8, 4) is 0 Å². The summed E-state index contributed by atoms with van der Waals surface area (Å²) in [4.78, 5) is 8.81. The van der Waals surface area contributed by atoms with E-state index in [0.29, 0.717) is 6.07 Å². The highest BCUT2D eigenvalue weighted by molar-refractivity contribution is 7.79. The first kappa shape index (κ1) is 11.0. The zero-order valence-corrected chi connectivity index (χ0v) is 8.01. The minimum absolute atomic E-state index is 0.381. The fourth-order valence-electron chi connectivity index (χ4n) is 0.792. The highest BCUT2D eigenvalue weighted by Crippen LogP contribution is 2.28. The van der Waals surface area contributed by atoms with Crippen molar-refractivity contribution in [2.75, 3.05) is 0 Å². The zero-order chi connectivity index (χ0) is 10.9. The summed E-state index contributed by atoms with van der Waals surface area (Å²) in [6.07, 6.45) is 0. The quantitative estimate of drug-likeness (QED) is 0.486. The van der Waals surface area contributed by atoms with Gasteiger partial charge in [0.25, 0.3) is 5.69 Å². The lowest BCUT2D eigenvalue weighted by Crippen LogP contribution is -1.97. The van der Waals surface area contributed by atoms with Gasteiger partial charge in [0.1, 0.15) is 15.7 Å². The second-order valence-corrected chi connectivity index (χ2v) is 3.59. The van der Waals surface area contributed by atoms with Crippen LogP contribution in [-0.2, 0) is 11.1 Å². The van der Waals surface area contributed by atoms with Crippen LogP contribution in [-0.4, -0.2) is 13.7 Å². The van der Waals surface area contributed by atoms with Crippen molar-refractivity contribution in [2.24, 2.45) is 0 Å². The maximum atomic E-state index is 12.9. The largest absolute Gasteiger partial charge is 0.302 e. The van der Waals surface area contributed by atoms with Crippen LogP contribution in [0.5, 0.6) is 0 Å². The van der Waals surface area contributed by atoms with E-state index in [1.807, 2.05) is 0 Å². The Bertz CT molecular complexity index is 385. The van der Waals surface area contributed by atoms with Gasteiger partial charge in [0.15, 0.2) is 11.1 Å². The second kappa shape index (κ2) is 3.99. The number of benzene rings is 1. The third-order valence-electron chi connectivity index (χ3n) is 1.39. The molecule has 5 nitrogen and oxygen atoms in total. The van der Waals surface area contributed by atoms with Crippen molar-refractivity contribution >= 4 is 28.4 Å². The van der Waals surface area contributed by atoms with Crippen molar-refractivity contribution < 1.29 is 18.1 Å². The maximum Gasteiger partial charge on any atom is 0.290 e. The van der Waals surface area contributed by atoms with E-state index in [0.717, 1.165) is 6.07 Å². The molecule has 1 unspecified atom stereocenters. The summed E-state index contributed by atoms with van der Waals surface area (Å²) in [5, 5.41) is 9.89. The summed E-state index contributed by atoms with van der Waals surface area (Å²) < 4.78 is 32.0. The van der Waals surface area contributed by atoms with Crippen molar-refractivity contribution in [3.05, 3.63) is 33.1 Å². The van der Waals surface area contributed by atoms with E-state index in [9.17, 15) is 18.7 Å². The molecular weight excluding hydrogens is 237 g/mol. The molecular formula is C6H3ClFNO4S. The van der Waals surface area contributed by atoms with Gasteiger partial charge in [0, 0.05) is 0 Å². The van der Waals surface area contributed by atoms with E-state index in [-0.39, 0.29) is 5.02 Å². The molecule has 0 saturated carbocycles. The monoisotopic (exact) mass is 239 g/mol. The number of hydrogen-bond donors (Lipinski definition) is 1. The Labute approximate surface area is 84.9 Å². The summed E-state index contributed by atoms with van der Waals surface area (Å²) in [6, 6.07) is 1.26. The lowest BCUT2D eigenvalue weighted by Gasteiger charge is -1.99. The Morgan fingerprint density at radius 3 is 2.57 bits per heavy atom. The molecule has 1 atom stereocenters. The van der Waals surface area contributed by atoms with Crippen LogP contribution >= 0.6 is 11.6 Å². The standard InChI is InChI=1S/C6H3ClFNO4S/c7-3-1-6(14(12)13)4(8)2-5(3)9(10)11/h1-2H,(H,12,13). The molecule has 1 rings (SSSR count). The molecule has 0 saturated heterocycles. The number of halogens is 2. The van der Waals surface area contributed by atoms with Crippen LogP contribution in [0.4, 0.5) is 10.1 Å². The van der Waals surface area contributed by atoms with Crippen molar-refractivity contribution in [1.82, 2.24) is 0 Å². The molecule has 0 amide bonds. The van der Waals surface area contributed by atoms with E-state index in [4.69, 9.17) is 16.2 Å². The van der Waals surface area contributed by atoms with Crippen LogP contribution in [0.2, 0.25) is 5.02 Å². The minimum atomic E-state index is -2.55. The molecule has 8 heteroatoms. The fraction of sp³-hybridized carbons (Fsp3) is 0. The van der Waals surface area contributed by atoms with Crippen LogP contribution in [0.3, 0.4) is 0 Å². The van der Waals surface area contributed by atoms with Gasteiger partial charge >= 0.3 is 0 Å². The van der Waals surface area contributed by atoms with Crippen molar-refractivity contribution in [3.63, 3.8) is 0 Å². The molecule has 0 heterocycles. The molecule has 1 N–H and O–H groups in total. The van der Waals surface area contributed by atoms with Gasteiger partial charge in [-0.2, -0.15) is 0 Å².